The fourth-order valence-electron chi connectivity index (χ4n) is 2.03. The van der Waals surface area contributed by atoms with Gasteiger partial charge in [0.2, 0.25) is 0 Å². The summed E-state index contributed by atoms with van der Waals surface area (Å²) in [5.41, 5.74) is 0. The largest absolute Gasteiger partial charge is 0.393 e. The van der Waals surface area contributed by atoms with Crippen LogP contribution in [0.3, 0.4) is 0 Å². The zero-order valence-electron chi connectivity index (χ0n) is 11.2. The summed E-state index contributed by atoms with van der Waals surface area (Å²) in [4.78, 5) is 0. The molecule has 0 spiro atoms. The molecule has 1 nitrogen and oxygen atoms in total. The standard InChI is InChI=1S/C15H31O/c1-3-4-5-6-7-8-9-10-11-12-13-14-15(2)16/h15-16H,1,3-14H2,2H3. The van der Waals surface area contributed by atoms with Crippen LogP contribution in [-0.2, 0) is 0 Å². The van der Waals surface area contributed by atoms with Gasteiger partial charge in [-0.25, -0.2) is 0 Å². The van der Waals surface area contributed by atoms with Gasteiger partial charge in [0, 0.05) is 0 Å². The fourth-order valence-corrected chi connectivity index (χ4v) is 2.03. The van der Waals surface area contributed by atoms with E-state index in [4.69, 9.17) is 5.11 Å². The van der Waals surface area contributed by atoms with Crippen LogP contribution in [0, 0.1) is 6.92 Å². The Kier molecular flexibility index (Phi) is 13.0. The Morgan fingerprint density at radius 2 is 1.12 bits per heavy atom. The molecule has 0 fully saturated rings. The van der Waals surface area contributed by atoms with Crippen molar-refractivity contribution < 1.29 is 5.11 Å². The van der Waals surface area contributed by atoms with Crippen molar-refractivity contribution in [3.8, 4) is 0 Å². The van der Waals surface area contributed by atoms with Crippen LogP contribution in [0.2, 0.25) is 0 Å². The third-order valence-corrected chi connectivity index (χ3v) is 3.12. The van der Waals surface area contributed by atoms with E-state index in [1.165, 1.54) is 64.2 Å². The molecule has 0 heterocycles. The first-order valence-corrected chi connectivity index (χ1v) is 7.24. The van der Waals surface area contributed by atoms with Crippen LogP contribution in [0.25, 0.3) is 0 Å². The van der Waals surface area contributed by atoms with Crippen LogP contribution < -0.4 is 0 Å². The molecule has 0 saturated carbocycles. The van der Waals surface area contributed by atoms with E-state index >= 15 is 0 Å². The molecule has 1 N–H and O–H groups in total. The average Bonchev–Trinajstić information content (AvgIpc) is 2.25. The van der Waals surface area contributed by atoms with Gasteiger partial charge in [0.15, 0.2) is 0 Å². The minimum atomic E-state index is -0.104. The van der Waals surface area contributed by atoms with Crippen molar-refractivity contribution in [1.82, 2.24) is 0 Å². The van der Waals surface area contributed by atoms with Crippen molar-refractivity contribution in [2.45, 2.75) is 90.1 Å². The lowest BCUT2D eigenvalue weighted by molar-refractivity contribution is 0.180. The molecule has 1 heteroatoms. The highest BCUT2D eigenvalue weighted by Crippen LogP contribution is 2.12. The van der Waals surface area contributed by atoms with E-state index < -0.39 is 0 Å². The molecule has 16 heavy (non-hydrogen) atoms. The molecule has 0 aliphatic rings. The molecule has 0 aromatic heterocycles. The average molecular weight is 227 g/mol. The van der Waals surface area contributed by atoms with E-state index in [9.17, 15) is 0 Å². The molecule has 0 aliphatic heterocycles. The molecule has 0 saturated heterocycles. The second-order valence-corrected chi connectivity index (χ2v) is 5.03. The molecule has 0 bridgehead atoms. The Hall–Kier alpha value is -0.0400. The van der Waals surface area contributed by atoms with Crippen molar-refractivity contribution in [2.75, 3.05) is 0 Å². The van der Waals surface area contributed by atoms with Gasteiger partial charge >= 0.3 is 0 Å². The second-order valence-electron chi connectivity index (χ2n) is 5.03. The third kappa shape index (κ3) is 14.0. The smallest absolute Gasteiger partial charge is 0.0512 e. The zero-order chi connectivity index (χ0) is 12.1. The third-order valence-electron chi connectivity index (χ3n) is 3.12. The maximum atomic E-state index is 9.09. The summed E-state index contributed by atoms with van der Waals surface area (Å²) in [6.45, 7) is 5.74. The number of unbranched alkanes of at least 4 members (excludes halogenated alkanes) is 10. The Bertz CT molecular complexity index is 121. The van der Waals surface area contributed by atoms with Gasteiger partial charge in [0.1, 0.15) is 0 Å². The summed E-state index contributed by atoms with van der Waals surface area (Å²) in [6.07, 6.45) is 15.5. The topological polar surface area (TPSA) is 20.2 Å². The number of rotatable bonds is 12. The lowest BCUT2D eigenvalue weighted by Gasteiger charge is -2.04. The lowest BCUT2D eigenvalue weighted by Crippen LogP contribution is -1.98. The molecule has 0 aromatic carbocycles. The predicted octanol–water partition coefficient (Wildman–Crippen LogP) is 4.88. The molecule has 0 rings (SSSR count). The number of aliphatic hydroxyl groups excluding tert-OH is 1. The number of aliphatic hydroxyl groups is 1. The van der Waals surface area contributed by atoms with Crippen LogP contribution in [0.1, 0.15) is 84.0 Å². The quantitative estimate of drug-likeness (QED) is 0.471. The minimum absolute atomic E-state index is 0.104. The normalized spacial score (nSPS) is 12.9. The van der Waals surface area contributed by atoms with Gasteiger partial charge in [-0.1, -0.05) is 77.6 Å². The summed E-state index contributed by atoms with van der Waals surface area (Å²) in [7, 11) is 0. The van der Waals surface area contributed by atoms with Crippen LogP contribution in [0.15, 0.2) is 0 Å². The highest BCUT2D eigenvalue weighted by atomic mass is 16.3. The predicted molar refractivity (Wildman–Crippen MR) is 72.4 cm³/mol. The van der Waals surface area contributed by atoms with Crippen molar-refractivity contribution in [1.29, 1.82) is 0 Å². The van der Waals surface area contributed by atoms with Gasteiger partial charge < -0.3 is 5.11 Å². The highest BCUT2D eigenvalue weighted by molar-refractivity contribution is 4.51. The molecule has 0 aromatic rings. The molecule has 1 radical (unpaired) electrons. The summed E-state index contributed by atoms with van der Waals surface area (Å²) in [5.74, 6) is 0. The van der Waals surface area contributed by atoms with Crippen LogP contribution in [-0.4, -0.2) is 11.2 Å². The first kappa shape index (κ1) is 16.0. The maximum absolute atomic E-state index is 9.09. The Balaban J connectivity index is 2.88. The van der Waals surface area contributed by atoms with E-state index in [0.29, 0.717) is 0 Å². The highest BCUT2D eigenvalue weighted by Gasteiger charge is 1.95. The van der Waals surface area contributed by atoms with Crippen molar-refractivity contribution in [3.63, 3.8) is 0 Å². The van der Waals surface area contributed by atoms with Gasteiger partial charge in [-0.15, -0.1) is 0 Å². The summed E-state index contributed by atoms with van der Waals surface area (Å²) >= 11 is 0. The molecule has 97 valence electrons. The van der Waals surface area contributed by atoms with E-state index in [2.05, 4.69) is 6.92 Å². The second kappa shape index (κ2) is 13.0. The van der Waals surface area contributed by atoms with Crippen LogP contribution in [0.4, 0.5) is 0 Å². The monoisotopic (exact) mass is 227 g/mol. The van der Waals surface area contributed by atoms with Crippen molar-refractivity contribution in [3.05, 3.63) is 6.92 Å². The van der Waals surface area contributed by atoms with Gasteiger partial charge in [-0.3, -0.25) is 0 Å². The van der Waals surface area contributed by atoms with Crippen molar-refractivity contribution in [2.24, 2.45) is 0 Å². The SMILES string of the molecule is [CH2]CCCCCCCCCCCCC(C)O. The van der Waals surface area contributed by atoms with E-state index in [1.54, 1.807) is 0 Å². The Morgan fingerprint density at radius 3 is 1.50 bits per heavy atom. The van der Waals surface area contributed by atoms with Gasteiger partial charge in [0.05, 0.1) is 6.10 Å². The molecule has 0 aliphatic carbocycles. The fraction of sp³-hybridized carbons (Fsp3) is 0.933. The molecular weight excluding hydrogens is 196 g/mol. The number of hydrogen-bond acceptors (Lipinski definition) is 1. The summed E-state index contributed by atoms with van der Waals surface area (Å²) < 4.78 is 0. The van der Waals surface area contributed by atoms with Gasteiger partial charge in [0.25, 0.3) is 0 Å². The zero-order valence-corrected chi connectivity index (χ0v) is 11.2. The number of hydrogen-bond donors (Lipinski definition) is 1. The van der Waals surface area contributed by atoms with Crippen LogP contribution in [0.5, 0.6) is 0 Å². The summed E-state index contributed by atoms with van der Waals surface area (Å²) in [5, 5.41) is 9.09. The molecule has 0 amide bonds. The molecule has 1 atom stereocenters. The molecule has 1 unspecified atom stereocenters. The first-order chi connectivity index (χ1) is 7.77. The maximum Gasteiger partial charge on any atom is 0.0512 e. The molecular formula is C15H31O. The Morgan fingerprint density at radius 1 is 0.750 bits per heavy atom. The van der Waals surface area contributed by atoms with Gasteiger partial charge in [-0.2, -0.15) is 0 Å². The Labute approximate surface area is 103 Å². The van der Waals surface area contributed by atoms with Gasteiger partial charge in [-0.05, 0) is 13.3 Å². The van der Waals surface area contributed by atoms with Crippen LogP contribution >= 0.6 is 0 Å². The van der Waals surface area contributed by atoms with Crippen molar-refractivity contribution >= 4 is 0 Å². The first-order valence-electron chi connectivity index (χ1n) is 7.24. The summed E-state index contributed by atoms with van der Waals surface area (Å²) in [6, 6.07) is 0. The van der Waals surface area contributed by atoms with E-state index in [-0.39, 0.29) is 6.10 Å². The lowest BCUT2D eigenvalue weighted by atomic mass is 10.0. The minimum Gasteiger partial charge on any atom is -0.393 e. The van der Waals surface area contributed by atoms with E-state index in [0.717, 1.165) is 12.8 Å². The van der Waals surface area contributed by atoms with E-state index in [1.807, 2.05) is 6.92 Å².